The molecule has 0 amide bonds. The maximum atomic E-state index is 4.58. The summed E-state index contributed by atoms with van der Waals surface area (Å²) in [6.07, 6.45) is 4.65. The molecule has 0 spiro atoms. The molecule has 0 saturated carbocycles. The lowest BCUT2D eigenvalue weighted by Crippen LogP contribution is -2.30. The second-order valence-corrected chi connectivity index (χ2v) is 5.78. The molecule has 100 valence electrons. The van der Waals surface area contributed by atoms with E-state index in [0.29, 0.717) is 12.1 Å². The summed E-state index contributed by atoms with van der Waals surface area (Å²) in [4.78, 5) is 9.23. The average molecular weight is 247 g/mol. The quantitative estimate of drug-likeness (QED) is 0.818. The summed E-state index contributed by atoms with van der Waals surface area (Å²) in [5, 5.41) is 0. The van der Waals surface area contributed by atoms with Crippen molar-refractivity contribution in [3.8, 4) is 0 Å². The molecule has 18 heavy (non-hydrogen) atoms. The van der Waals surface area contributed by atoms with Crippen LogP contribution in [-0.4, -0.2) is 36.6 Å². The zero-order chi connectivity index (χ0) is 13.3. The molecule has 0 radical (unpaired) electrons. The van der Waals surface area contributed by atoms with Crippen LogP contribution in [0.4, 0.5) is 5.82 Å². The van der Waals surface area contributed by atoms with Crippen LogP contribution in [0.5, 0.6) is 0 Å². The summed E-state index contributed by atoms with van der Waals surface area (Å²) in [6.45, 7) is 8.00. The number of likely N-dealkylation sites (tertiary alicyclic amines) is 1. The Balaban J connectivity index is 2.28. The van der Waals surface area contributed by atoms with Crippen molar-refractivity contribution in [3.05, 3.63) is 23.4 Å². The number of nitrogens with zero attached hydrogens (tertiary/aromatic N) is 3. The van der Waals surface area contributed by atoms with Gasteiger partial charge in [0.05, 0.1) is 0 Å². The zero-order valence-corrected chi connectivity index (χ0v) is 12.3. The highest BCUT2D eigenvalue weighted by atomic mass is 15.2. The Morgan fingerprint density at radius 1 is 1.39 bits per heavy atom. The molecule has 0 aromatic carbocycles. The molecular weight excluding hydrogens is 222 g/mol. The van der Waals surface area contributed by atoms with E-state index in [1.807, 2.05) is 14.1 Å². The number of anilines is 1. The molecule has 2 rings (SSSR count). The molecular formula is C15H25N3. The van der Waals surface area contributed by atoms with Gasteiger partial charge >= 0.3 is 0 Å². The van der Waals surface area contributed by atoms with Gasteiger partial charge in [-0.25, -0.2) is 4.98 Å². The lowest BCUT2D eigenvalue weighted by molar-refractivity contribution is 0.205. The fourth-order valence-corrected chi connectivity index (χ4v) is 2.89. The average Bonchev–Trinajstić information content (AvgIpc) is 2.77. The summed E-state index contributed by atoms with van der Waals surface area (Å²) < 4.78 is 0. The van der Waals surface area contributed by atoms with Crippen molar-refractivity contribution in [2.45, 2.75) is 45.7 Å². The van der Waals surface area contributed by atoms with Crippen molar-refractivity contribution in [1.82, 2.24) is 9.88 Å². The summed E-state index contributed by atoms with van der Waals surface area (Å²) in [6, 6.07) is 3.38. The van der Waals surface area contributed by atoms with E-state index in [1.54, 1.807) is 0 Å². The number of aromatic nitrogens is 1. The molecule has 1 aromatic rings. The molecule has 1 saturated heterocycles. The normalized spacial score (nSPS) is 20.7. The topological polar surface area (TPSA) is 19.4 Å². The fourth-order valence-electron chi connectivity index (χ4n) is 2.89. The van der Waals surface area contributed by atoms with Gasteiger partial charge in [-0.2, -0.15) is 0 Å². The molecule has 3 nitrogen and oxygen atoms in total. The third kappa shape index (κ3) is 2.51. The first-order chi connectivity index (χ1) is 8.50. The van der Waals surface area contributed by atoms with Crippen LogP contribution < -0.4 is 4.90 Å². The van der Waals surface area contributed by atoms with Crippen LogP contribution in [0.1, 0.15) is 43.9 Å². The third-order valence-electron chi connectivity index (χ3n) is 3.91. The minimum absolute atomic E-state index is 0.564. The van der Waals surface area contributed by atoms with Crippen LogP contribution in [0.25, 0.3) is 0 Å². The van der Waals surface area contributed by atoms with E-state index in [1.165, 1.54) is 30.5 Å². The first kappa shape index (κ1) is 13.3. The minimum Gasteiger partial charge on any atom is -0.363 e. The van der Waals surface area contributed by atoms with E-state index < -0.39 is 0 Å². The van der Waals surface area contributed by atoms with Gasteiger partial charge in [-0.05, 0) is 57.4 Å². The van der Waals surface area contributed by atoms with Crippen molar-refractivity contribution in [2.24, 2.45) is 0 Å². The number of rotatable bonds is 3. The van der Waals surface area contributed by atoms with Gasteiger partial charge in [-0.15, -0.1) is 0 Å². The molecule has 0 unspecified atom stereocenters. The number of pyridine rings is 1. The maximum Gasteiger partial charge on any atom is 0.128 e. The Bertz CT molecular complexity index is 412. The minimum atomic E-state index is 0.564. The van der Waals surface area contributed by atoms with Crippen molar-refractivity contribution < 1.29 is 0 Å². The van der Waals surface area contributed by atoms with Gasteiger partial charge in [0.15, 0.2) is 0 Å². The Morgan fingerprint density at radius 2 is 2.11 bits per heavy atom. The van der Waals surface area contributed by atoms with Gasteiger partial charge in [0, 0.05) is 32.4 Å². The maximum absolute atomic E-state index is 4.58. The summed E-state index contributed by atoms with van der Waals surface area (Å²) in [5.74, 6) is 1.05. The predicted molar refractivity (Wildman–Crippen MR) is 77.1 cm³/mol. The van der Waals surface area contributed by atoms with Crippen LogP contribution in [0.2, 0.25) is 0 Å². The Hall–Kier alpha value is -1.09. The van der Waals surface area contributed by atoms with E-state index >= 15 is 0 Å². The highest BCUT2D eigenvalue weighted by Crippen LogP contribution is 2.35. The number of hydrogen-bond donors (Lipinski definition) is 0. The van der Waals surface area contributed by atoms with Crippen LogP contribution in [-0.2, 0) is 0 Å². The molecule has 3 heteroatoms. The Kier molecular flexibility index (Phi) is 3.91. The molecule has 0 N–H and O–H groups in total. The first-order valence-corrected chi connectivity index (χ1v) is 6.90. The fraction of sp³-hybridized carbons (Fsp3) is 0.667. The monoisotopic (exact) mass is 247 g/mol. The van der Waals surface area contributed by atoms with E-state index in [9.17, 15) is 0 Å². The molecule has 1 fully saturated rings. The van der Waals surface area contributed by atoms with Crippen molar-refractivity contribution in [3.63, 3.8) is 0 Å². The Labute approximate surface area is 111 Å². The van der Waals surface area contributed by atoms with Gasteiger partial charge in [0.1, 0.15) is 5.82 Å². The second-order valence-electron chi connectivity index (χ2n) is 5.78. The van der Waals surface area contributed by atoms with Gasteiger partial charge < -0.3 is 4.90 Å². The van der Waals surface area contributed by atoms with Crippen molar-refractivity contribution in [1.29, 1.82) is 0 Å². The first-order valence-electron chi connectivity index (χ1n) is 6.90. The summed E-state index contributed by atoms with van der Waals surface area (Å²) >= 11 is 0. The van der Waals surface area contributed by atoms with Gasteiger partial charge in [-0.1, -0.05) is 0 Å². The van der Waals surface area contributed by atoms with Crippen LogP contribution in [0.3, 0.4) is 0 Å². The van der Waals surface area contributed by atoms with Gasteiger partial charge in [0.2, 0.25) is 0 Å². The summed E-state index contributed by atoms with van der Waals surface area (Å²) in [7, 11) is 4.08. The second kappa shape index (κ2) is 5.27. The lowest BCUT2D eigenvalue weighted by atomic mass is 10.0. The molecule has 2 heterocycles. The zero-order valence-electron chi connectivity index (χ0n) is 12.3. The van der Waals surface area contributed by atoms with Crippen molar-refractivity contribution in [2.75, 3.05) is 25.5 Å². The van der Waals surface area contributed by atoms with E-state index in [2.05, 4.69) is 47.8 Å². The highest BCUT2D eigenvalue weighted by Gasteiger charge is 2.29. The van der Waals surface area contributed by atoms with E-state index in [4.69, 9.17) is 0 Å². The molecule has 1 aliphatic rings. The predicted octanol–water partition coefficient (Wildman–Crippen LogP) is 3.00. The molecule has 1 atom stereocenters. The molecule has 0 bridgehead atoms. The van der Waals surface area contributed by atoms with Crippen molar-refractivity contribution >= 4 is 5.82 Å². The molecule has 1 aliphatic heterocycles. The van der Waals surface area contributed by atoms with E-state index in [0.717, 1.165) is 5.82 Å². The van der Waals surface area contributed by atoms with Crippen LogP contribution in [0.15, 0.2) is 12.3 Å². The van der Waals surface area contributed by atoms with Gasteiger partial charge in [0.25, 0.3) is 0 Å². The van der Waals surface area contributed by atoms with Crippen LogP contribution in [0, 0.1) is 6.92 Å². The summed E-state index contributed by atoms with van der Waals surface area (Å²) in [5.41, 5.74) is 2.78. The largest absolute Gasteiger partial charge is 0.363 e. The SMILES string of the molecule is Cc1cc(N(C)C)ncc1[C@@H]1CCCN1C(C)C. The van der Waals surface area contributed by atoms with E-state index in [-0.39, 0.29) is 0 Å². The number of hydrogen-bond acceptors (Lipinski definition) is 3. The third-order valence-corrected chi connectivity index (χ3v) is 3.91. The van der Waals surface area contributed by atoms with Crippen LogP contribution >= 0.6 is 0 Å². The molecule has 1 aromatic heterocycles. The van der Waals surface area contributed by atoms with Gasteiger partial charge in [-0.3, -0.25) is 4.90 Å². The smallest absolute Gasteiger partial charge is 0.128 e. The molecule has 0 aliphatic carbocycles. The number of aryl methyl sites for hydroxylation is 1. The highest BCUT2D eigenvalue weighted by molar-refractivity contribution is 5.43. The standard InChI is InChI=1S/C15H25N3/c1-11(2)18-8-6-7-14(18)13-10-16-15(17(4)5)9-12(13)3/h9-11,14H,6-8H2,1-5H3/t14-/m0/s1. The Morgan fingerprint density at radius 3 is 2.67 bits per heavy atom. The lowest BCUT2D eigenvalue weighted by Gasteiger charge is -2.29.